The number of ether oxygens (including phenoxy) is 2. The predicted molar refractivity (Wildman–Crippen MR) is 127 cm³/mol. The molecule has 1 aliphatic rings. The molecular formula is C22H28F3N6O5S+. The number of benzene rings is 1. The Bertz CT molecular complexity index is 1360. The summed E-state index contributed by atoms with van der Waals surface area (Å²) in [5.74, 6) is -0.235. The van der Waals surface area contributed by atoms with Crippen LogP contribution in [0.5, 0.6) is 11.6 Å². The number of anilines is 1. The van der Waals surface area contributed by atoms with Crippen molar-refractivity contribution >= 4 is 27.0 Å². The van der Waals surface area contributed by atoms with Gasteiger partial charge in [-0.15, -0.1) is 5.10 Å². The number of alkyl halides is 3. The van der Waals surface area contributed by atoms with Gasteiger partial charge in [0.2, 0.25) is 10.0 Å². The summed E-state index contributed by atoms with van der Waals surface area (Å²) in [4.78, 5) is 4.43. The number of para-hydroxylation sites is 1. The van der Waals surface area contributed by atoms with Crippen molar-refractivity contribution in [2.24, 2.45) is 0 Å². The molecule has 0 atom stereocenters. The molecule has 0 unspecified atom stereocenters. The van der Waals surface area contributed by atoms with Gasteiger partial charge >= 0.3 is 18.0 Å². The number of methoxy groups -OCH3 is 2. The molecule has 0 aliphatic heterocycles. The van der Waals surface area contributed by atoms with Crippen LogP contribution in [0.2, 0.25) is 0 Å². The second-order valence-electron chi connectivity index (χ2n) is 8.75. The predicted octanol–water partition coefficient (Wildman–Crippen LogP) is 2.76. The molecule has 0 radical (unpaired) electrons. The summed E-state index contributed by atoms with van der Waals surface area (Å²) >= 11 is 0. The van der Waals surface area contributed by atoms with E-state index in [0.29, 0.717) is 48.1 Å². The lowest BCUT2D eigenvalue weighted by Crippen LogP contribution is -2.44. The highest BCUT2D eigenvalue weighted by Crippen LogP contribution is 2.36. The summed E-state index contributed by atoms with van der Waals surface area (Å²) in [6.07, 6.45) is -4.10. The standard InChI is InChI=1S/C22H27F3N6O5S/c1-35-16-6-4-3-5-15(16)18-17-19(29-28-18)27-21(31(32)20(17)36-2)26-13-7-9-14(10-8-13)30-37(33,34)12-11-22(23,24)25/h3-6,13-14,30,32H,7-12H2,1-2H3,(H,26,27,29)/p+1. The van der Waals surface area contributed by atoms with E-state index < -0.39 is 34.4 Å². The van der Waals surface area contributed by atoms with Crippen molar-refractivity contribution in [1.29, 1.82) is 0 Å². The van der Waals surface area contributed by atoms with Crippen molar-refractivity contribution in [2.45, 2.75) is 50.4 Å². The maximum Gasteiger partial charge on any atom is 0.434 e. The third kappa shape index (κ3) is 6.15. The lowest BCUT2D eigenvalue weighted by Gasteiger charge is -2.27. The molecule has 1 aliphatic carbocycles. The Kier molecular flexibility index (Phi) is 7.64. The third-order valence-electron chi connectivity index (χ3n) is 6.20. The average molecular weight is 546 g/mol. The lowest BCUT2D eigenvalue weighted by atomic mass is 9.92. The number of nitrogens with zero attached hydrogens (tertiary/aromatic N) is 3. The number of aromatic amines is 1. The zero-order valence-electron chi connectivity index (χ0n) is 20.2. The van der Waals surface area contributed by atoms with Gasteiger partial charge in [-0.3, -0.25) is 10.4 Å². The minimum atomic E-state index is -4.53. The number of halogens is 3. The van der Waals surface area contributed by atoms with E-state index in [4.69, 9.17) is 9.47 Å². The number of hydrogen-bond donors (Lipinski definition) is 4. The molecule has 202 valence electrons. The normalized spacial score (nSPS) is 18.6. The van der Waals surface area contributed by atoms with Gasteiger partial charge in [0.05, 0.1) is 38.1 Å². The Morgan fingerprint density at radius 1 is 1.14 bits per heavy atom. The molecule has 1 fully saturated rings. The van der Waals surface area contributed by atoms with Crippen LogP contribution in [0.25, 0.3) is 22.3 Å². The minimum Gasteiger partial charge on any atom is -0.496 e. The van der Waals surface area contributed by atoms with Crippen molar-refractivity contribution in [3.8, 4) is 22.9 Å². The zero-order valence-corrected chi connectivity index (χ0v) is 21.0. The maximum atomic E-state index is 12.4. The van der Waals surface area contributed by atoms with Gasteiger partial charge < -0.3 is 14.7 Å². The quantitative estimate of drug-likeness (QED) is 0.238. The van der Waals surface area contributed by atoms with Crippen LogP contribution in [-0.2, 0) is 10.0 Å². The van der Waals surface area contributed by atoms with Crippen LogP contribution in [0, 0.1) is 0 Å². The van der Waals surface area contributed by atoms with Crippen molar-refractivity contribution in [3.63, 3.8) is 0 Å². The van der Waals surface area contributed by atoms with Crippen LogP contribution in [0.4, 0.5) is 19.1 Å². The summed E-state index contributed by atoms with van der Waals surface area (Å²) < 4.78 is 75.2. The van der Waals surface area contributed by atoms with E-state index in [2.05, 4.69) is 25.2 Å². The van der Waals surface area contributed by atoms with Gasteiger partial charge in [-0.2, -0.15) is 13.2 Å². The third-order valence-corrected chi connectivity index (χ3v) is 7.63. The molecule has 15 heteroatoms. The SMILES string of the molecule is COc1ccccc1-c1[nH]nc2nc(NC3CCC(NS(=O)(=O)CCC(F)(F)F)CC3)[n+](O)c(OC)c12. The van der Waals surface area contributed by atoms with Gasteiger partial charge in [-0.05, 0) is 47.5 Å². The number of hydrogen-bond acceptors (Lipinski definition) is 8. The second-order valence-corrected chi connectivity index (χ2v) is 10.6. The highest BCUT2D eigenvalue weighted by atomic mass is 32.2. The fourth-order valence-electron chi connectivity index (χ4n) is 4.39. The van der Waals surface area contributed by atoms with E-state index in [1.54, 1.807) is 13.2 Å². The minimum absolute atomic E-state index is 0.0802. The molecule has 0 bridgehead atoms. The van der Waals surface area contributed by atoms with Crippen LogP contribution < -0.4 is 24.2 Å². The van der Waals surface area contributed by atoms with Gasteiger partial charge in [0.15, 0.2) is 0 Å². The van der Waals surface area contributed by atoms with Crippen LogP contribution in [0.3, 0.4) is 0 Å². The van der Waals surface area contributed by atoms with Crippen molar-refractivity contribution < 1.29 is 41.0 Å². The Balaban J connectivity index is 1.48. The van der Waals surface area contributed by atoms with E-state index in [-0.39, 0.29) is 23.5 Å². The Morgan fingerprint density at radius 3 is 2.46 bits per heavy atom. The molecule has 4 rings (SSSR count). The molecule has 2 heterocycles. The van der Waals surface area contributed by atoms with Crippen molar-refractivity contribution in [2.75, 3.05) is 25.3 Å². The van der Waals surface area contributed by atoms with Gasteiger partial charge in [-0.25, -0.2) is 13.1 Å². The van der Waals surface area contributed by atoms with E-state index in [1.807, 2.05) is 18.2 Å². The molecule has 1 saturated carbocycles. The summed E-state index contributed by atoms with van der Waals surface area (Å²) in [6.45, 7) is 0. The first-order valence-electron chi connectivity index (χ1n) is 11.6. The summed E-state index contributed by atoms with van der Waals surface area (Å²) in [5.41, 5.74) is 1.53. The molecule has 4 N–H and O–H groups in total. The van der Waals surface area contributed by atoms with Crippen molar-refractivity contribution in [1.82, 2.24) is 19.9 Å². The van der Waals surface area contributed by atoms with Crippen LogP contribution in [0.1, 0.15) is 32.1 Å². The molecule has 1 aromatic carbocycles. The van der Waals surface area contributed by atoms with E-state index >= 15 is 0 Å². The topological polar surface area (TPSA) is 142 Å². The molecule has 37 heavy (non-hydrogen) atoms. The highest BCUT2D eigenvalue weighted by molar-refractivity contribution is 7.89. The monoisotopic (exact) mass is 545 g/mol. The van der Waals surface area contributed by atoms with E-state index in [0.717, 1.165) is 4.73 Å². The summed E-state index contributed by atoms with van der Waals surface area (Å²) in [5, 5.41) is 21.6. The molecule has 11 nitrogen and oxygen atoms in total. The van der Waals surface area contributed by atoms with E-state index in [9.17, 15) is 26.8 Å². The van der Waals surface area contributed by atoms with Crippen LogP contribution in [-0.4, -0.2) is 67.0 Å². The number of fused-ring (bicyclic) bond motifs is 1. The molecule has 0 amide bonds. The molecular weight excluding hydrogens is 517 g/mol. The first kappa shape index (κ1) is 26.7. The van der Waals surface area contributed by atoms with Gasteiger partial charge in [0, 0.05) is 11.6 Å². The number of aromatic nitrogens is 4. The first-order chi connectivity index (χ1) is 17.5. The Hall–Kier alpha value is -3.33. The van der Waals surface area contributed by atoms with Gasteiger partial charge in [-0.1, -0.05) is 12.1 Å². The molecule has 2 aromatic heterocycles. The largest absolute Gasteiger partial charge is 0.496 e. The number of H-pyrrole nitrogens is 1. The molecule has 0 saturated heterocycles. The smallest absolute Gasteiger partial charge is 0.434 e. The first-order valence-corrected chi connectivity index (χ1v) is 13.2. The van der Waals surface area contributed by atoms with Gasteiger partial charge in [0.1, 0.15) is 11.1 Å². The van der Waals surface area contributed by atoms with Crippen LogP contribution >= 0.6 is 0 Å². The number of nitrogens with one attached hydrogen (secondary N) is 3. The average Bonchev–Trinajstić information content (AvgIpc) is 3.27. The number of sulfonamides is 1. The zero-order chi connectivity index (χ0) is 26.8. The Morgan fingerprint density at radius 2 is 1.81 bits per heavy atom. The number of rotatable bonds is 9. The van der Waals surface area contributed by atoms with E-state index in [1.165, 1.54) is 7.11 Å². The Labute approximate surface area is 211 Å². The highest BCUT2D eigenvalue weighted by Gasteiger charge is 2.34. The maximum absolute atomic E-state index is 12.4. The fraction of sp³-hybridized carbons (Fsp3) is 0.500. The molecule has 0 spiro atoms. The molecule has 3 aromatic rings. The van der Waals surface area contributed by atoms with Crippen molar-refractivity contribution in [3.05, 3.63) is 24.3 Å². The fourth-order valence-corrected chi connectivity index (χ4v) is 5.76. The van der Waals surface area contributed by atoms with Crippen LogP contribution in [0.15, 0.2) is 24.3 Å². The second kappa shape index (κ2) is 10.6. The summed E-state index contributed by atoms with van der Waals surface area (Å²) in [7, 11) is -1.09. The van der Waals surface area contributed by atoms with Gasteiger partial charge in [0.25, 0.3) is 5.65 Å². The summed E-state index contributed by atoms with van der Waals surface area (Å²) in [6, 6.07) is 6.65. The lowest BCUT2D eigenvalue weighted by molar-refractivity contribution is -0.895.